The number of amides is 1. The van der Waals surface area contributed by atoms with Gasteiger partial charge in [-0.25, -0.2) is 4.79 Å². The van der Waals surface area contributed by atoms with Gasteiger partial charge in [-0.05, 0) is 19.4 Å². The fourth-order valence-electron chi connectivity index (χ4n) is 2.44. The van der Waals surface area contributed by atoms with Crippen LogP contribution in [-0.2, 0) is 9.53 Å². The molecular weight excluding hydrogens is 312 g/mol. The Morgan fingerprint density at radius 1 is 1.12 bits per heavy atom. The standard InChI is InChI=1S/C17H22N2O5/c1-5-7-14(20)19-15-10-8-12(22-3)13(23-4)9-11(10)18-16(15)17(21)24-6-2/h8-9,18H,5-7H2,1-4H3,(H,19,20). The van der Waals surface area contributed by atoms with Crippen molar-refractivity contribution in [1.29, 1.82) is 0 Å². The van der Waals surface area contributed by atoms with Gasteiger partial charge in [0.1, 0.15) is 5.69 Å². The van der Waals surface area contributed by atoms with Crippen LogP contribution in [0.25, 0.3) is 10.9 Å². The Morgan fingerprint density at radius 3 is 2.38 bits per heavy atom. The second kappa shape index (κ2) is 7.72. The molecule has 2 N–H and O–H groups in total. The van der Waals surface area contributed by atoms with Crippen molar-refractivity contribution in [2.24, 2.45) is 0 Å². The van der Waals surface area contributed by atoms with Gasteiger partial charge in [0.05, 0.1) is 32.0 Å². The summed E-state index contributed by atoms with van der Waals surface area (Å²) in [5.74, 6) is 0.329. The molecule has 0 aliphatic carbocycles. The summed E-state index contributed by atoms with van der Waals surface area (Å²) in [7, 11) is 3.06. The second-order valence-corrected chi connectivity index (χ2v) is 5.15. The molecule has 1 aromatic heterocycles. The van der Waals surface area contributed by atoms with Gasteiger partial charge in [0, 0.05) is 17.9 Å². The summed E-state index contributed by atoms with van der Waals surface area (Å²) < 4.78 is 15.6. The van der Waals surface area contributed by atoms with Crippen LogP contribution < -0.4 is 14.8 Å². The Morgan fingerprint density at radius 2 is 1.79 bits per heavy atom. The van der Waals surface area contributed by atoms with Crippen LogP contribution in [0.5, 0.6) is 11.5 Å². The van der Waals surface area contributed by atoms with Crippen molar-refractivity contribution >= 4 is 28.5 Å². The minimum absolute atomic E-state index is 0.168. The third kappa shape index (κ3) is 3.45. The number of ether oxygens (including phenoxy) is 3. The number of carbonyl (C=O) groups is 2. The molecule has 24 heavy (non-hydrogen) atoms. The normalized spacial score (nSPS) is 10.5. The van der Waals surface area contributed by atoms with Gasteiger partial charge in [0.25, 0.3) is 0 Å². The highest BCUT2D eigenvalue weighted by atomic mass is 16.5. The van der Waals surface area contributed by atoms with Crippen molar-refractivity contribution in [3.8, 4) is 11.5 Å². The number of hydrogen-bond acceptors (Lipinski definition) is 5. The van der Waals surface area contributed by atoms with Crippen molar-refractivity contribution in [2.75, 3.05) is 26.1 Å². The number of fused-ring (bicyclic) bond motifs is 1. The fourth-order valence-corrected chi connectivity index (χ4v) is 2.44. The second-order valence-electron chi connectivity index (χ2n) is 5.15. The molecule has 0 bridgehead atoms. The molecule has 2 aromatic rings. The average molecular weight is 334 g/mol. The molecule has 7 nitrogen and oxygen atoms in total. The van der Waals surface area contributed by atoms with Crippen molar-refractivity contribution in [3.63, 3.8) is 0 Å². The number of aromatic amines is 1. The molecule has 130 valence electrons. The summed E-state index contributed by atoms with van der Waals surface area (Å²) in [6.07, 6.45) is 1.07. The van der Waals surface area contributed by atoms with Crippen molar-refractivity contribution in [1.82, 2.24) is 4.98 Å². The lowest BCUT2D eigenvalue weighted by atomic mass is 10.2. The van der Waals surface area contributed by atoms with Crippen LogP contribution in [0.4, 0.5) is 5.69 Å². The Kier molecular flexibility index (Phi) is 5.68. The Hall–Kier alpha value is -2.70. The van der Waals surface area contributed by atoms with Crippen LogP contribution in [-0.4, -0.2) is 37.7 Å². The number of hydrogen-bond donors (Lipinski definition) is 2. The van der Waals surface area contributed by atoms with Crippen LogP contribution in [0.1, 0.15) is 37.2 Å². The number of rotatable bonds is 7. The highest BCUT2D eigenvalue weighted by molar-refractivity contribution is 6.11. The summed E-state index contributed by atoms with van der Waals surface area (Å²) in [6, 6.07) is 3.43. The fraction of sp³-hybridized carbons (Fsp3) is 0.412. The molecule has 0 saturated heterocycles. The van der Waals surface area contributed by atoms with E-state index in [1.54, 1.807) is 19.1 Å². The van der Waals surface area contributed by atoms with E-state index in [0.717, 1.165) is 0 Å². The van der Waals surface area contributed by atoms with E-state index in [2.05, 4.69) is 10.3 Å². The lowest BCUT2D eigenvalue weighted by molar-refractivity contribution is -0.116. The Balaban J connectivity index is 2.60. The summed E-state index contributed by atoms with van der Waals surface area (Å²) in [4.78, 5) is 27.2. The number of carbonyl (C=O) groups excluding carboxylic acids is 2. The maximum atomic E-state index is 12.2. The third-order valence-corrected chi connectivity index (χ3v) is 3.52. The van der Waals surface area contributed by atoms with Crippen molar-refractivity contribution < 1.29 is 23.8 Å². The van der Waals surface area contributed by atoms with E-state index in [1.807, 2.05) is 6.92 Å². The van der Waals surface area contributed by atoms with Crippen LogP contribution >= 0.6 is 0 Å². The van der Waals surface area contributed by atoms with E-state index >= 15 is 0 Å². The highest BCUT2D eigenvalue weighted by Crippen LogP contribution is 2.37. The number of anilines is 1. The SMILES string of the molecule is CCCC(=O)Nc1c(C(=O)OCC)[nH]c2cc(OC)c(OC)cc12. The number of H-pyrrole nitrogens is 1. The Bertz CT molecular complexity index is 751. The monoisotopic (exact) mass is 334 g/mol. The molecule has 7 heteroatoms. The van der Waals surface area contributed by atoms with E-state index < -0.39 is 5.97 Å². The molecule has 0 radical (unpaired) electrons. The molecule has 1 heterocycles. The first-order valence-corrected chi connectivity index (χ1v) is 7.80. The van der Waals surface area contributed by atoms with Gasteiger partial charge in [-0.2, -0.15) is 0 Å². The van der Waals surface area contributed by atoms with Gasteiger partial charge in [-0.1, -0.05) is 6.92 Å². The highest BCUT2D eigenvalue weighted by Gasteiger charge is 2.22. The maximum Gasteiger partial charge on any atom is 0.356 e. The maximum absolute atomic E-state index is 12.2. The van der Waals surface area contributed by atoms with Gasteiger partial charge < -0.3 is 24.5 Å². The lowest BCUT2D eigenvalue weighted by Crippen LogP contribution is -2.14. The van der Waals surface area contributed by atoms with Crippen molar-refractivity contribution in [2.45, 2.75) is 26.7 Å². The predicted octanol–water partition coefficient (Wildman–Crippen LogP) is 3.10. The van der Waals surface area contributed by atoms with E-state index in [9.17, 15) is 9.59 Å². The summed E-state index contributed by atoms with van der Waals surface area (Å²) in [6.45, 7) is 3.88. The molecular formula is C17H22N2O5. The molecule has 0 unspecified atom stereocenters. The van der Waals surface area contributed by atoms with Gasteiger partial charge in [0.15, 0.2) is 11.5 Å². The van der Waals surface area contributed by atoms with Crippen LogP contribution in [0.2, 0.25) is 0 Å². The van der Waals surface area contributed by atoms with E-state index in [4.69, 9.17) is 14.2 Å². The molecule has 0 spiro atoms. The van der Waals surface area contributed by atoms with Crippen LogP contribution in [0.3, 0.4) is 0 Å². The quantitative estimate of drug-likeness (QED) is 0.759. The number of aromatic nitrogens is 1. The molecule has 0 fully saturated rings. The summed E-state index contributed by atoms with van der Waals surface area (Å²) >= 11 is 0. The minimum atomic E-state index is -0.529. The molecule has 2 rings (SSSR count). The van der Waals surface area contributed by atoms with Crippen molar-refractivity contribution in [3.05, 3.63) is 17.8 Å². The number of benzene rings is 1. The van der Waals surface area contributed by atoms with Crippen LogP contribution in [0, 0.1) is 0 Å². The van der Waals surface area contributed by atoms with Crippen LogP contribution in [0.15, 0.2) is 12.1 Å². The smallest absolute Gasteiger partial charge is 0.356 e. The largest absolute Gasteiger partial charge is 0.493 e. The predicted molar refractivity (Wildman–Crippen MR) is 90.9 cm³/mol. The number of nitrogens with one attached hydrogen (secondary N) is 2. The van der Waals surface area contributed by atoms with E-state index in [1.165, 1.54) is 14.2 Å². The van der Waals surface area contributed by atoms with Gasteiger partial charge in [-0.3, -0.25) is 4.79 Å². The summed E-state index contributed by atoms with van der Waals surface area (Å²) in [5, 5.41) is 3.45. The molecule has 1 amide bonds. The van der Waals surface area contributed by atoms with Gasteiger partial charge >= 0.3 is 5.97 Å². The van der Waals surface area contributed by atoms with E-state index in [-0.39, 0.29) is 18.2 Å². The zero-order valence-electron chi connectivity index (χ0n) is 14.3. The third-order valence-electron chi connectivity index (χ3n) is 3.52. The number of esters is 1. The first-order chi connectivity index (χ1) is 11.5. The summed E-state index contributed by atoms with van der Waals surface area (Å²) in [5.41, 5.74) is 1.23. The van der Waals surface area contributed by atoms with E-state index in [0.29, 0.717) is 40.9 Å². The minimum Gasteiger partial charge on any atom is -0.493 e. The number of methoxy groups -OCH3 is 2. The first-order valence-electron chi connectivity index (χ1n) is 7.80. The van der Waals surface area contributed by atoms with Gasteiger partial charge in [-0.15, -0.1) is 0 Å². The molecule has 0 atom stereocenters. The molecule has 0 saturated carbocycles. The molecule has 1 aromatic carbocycles. The topological polar surface area (TPSA) is 89.7 Å². The van der Waals surface area contributed by atoms with Gasteiger partial charge in [0.2, 0.25) is 5.91 Å². The molecule has 0 aliphatic rings. The zero-order chi connectivity index (χ0) is 17.7. The Labute approximate surface area is 140 Å². The molecule has 0 aliphatic heterocycles. The first kappa shape index (κ1) is 17.7. The lowest BCUT2D eigenvalue weighted by Gasteiger charge is -2.09. The average Bonchev–Trinajstić information content (AvgIpc) is 2.91. The zero-order valence-corrected chi connectivity index (χ0v) is 14.3.